The number of thioether (sulfide) groups is 1. The van der Waals surface area contributed by atoms with E-state index in [0.717, 1.165) is 17.1 Å². The maximum atomic E-state index is 12.1. The molecule has 1 aliphatic carbocycles. The van der Waals surface area contributed by atoms with Crippen molar-refractivity contribution in [2.24, 2.45) is 0 Å². The van der Waals surface area contributed by atoms with Gasteiger partial charge in [0, 0.05) is 25.8 Å². The van der Waals surface area contributed by atoms with Gasteiger partial charge in [0.2, 0.25) is 15.9 Å². The van der Waals surface area contributed by atoms with Crippen molar-refractivity contribution in [1.29, 1.82) is 0 Å². The second kappa shape index (κ2) is 7.25. The van der Waals surface area contributed by atoms with Crippen LogP contribution < -0.4 is 11.0 Å². The van der Waals surface area contributed by atoms with E-state index < -0.39 is 10.0 Å². The first-order chi connectivity index (χ1) is 12.3. The first kappa shape index (κ1) is 18.7. The Bertz CT molecular complexity index is 959. The molecule has 0 bridgehead atoms. The summed E-state index contributed by atoms with van der Waals surface area (Å²) in [5.41, 5.74) is 0.239. The van der Waals surface area contributed by atoms with Crippen LogP contribution in [-0.2, 0) is 14.8 Å². The average molecular weight is 397 g/mol. The van der Waals surface area contributed by atoms with Crippen LogP contribution in [-0.4, -0.2) is 53.2 Å². The van der Waals surface area contributed by atoms with Gasteiger partial charge in [0.05, 0.1) is 10.6 Å². The van der Waals surface area contributed by atoms with E-state index >= 15 is 0 Å². The Morgan fingerprint density at radius 1 is 1.35 bits per heavy atom. The van der Waals surface area contributed by atoms with Crippen LogP contribution in [0, 0.1) is 0 Å². The summed E-state index contributed by atoms with van der Waals surface area (Å²) in [6.45, 7) is 0. The molecular weight excluding hydrogens is 378 g/mol. The van der Waals surface area contributed by atoms with Gasteiger partial charge in [-0.25, -0.2) is 22.6 Å². The summed E-state index contributed by atoms with van der Waals surface area (Å²) in [7, 11) is -0.587. The van der Waals surface area contributed by atoms with Crippen LogP contribution >= 0.6 is 11.8 Å². The van der Waals surface area contributed by atoms with Gasteiger partial charge in [0.25, 0.3) is 0 Å². The molecular formula is C15H19N5O4S2. The third-order valence-electron chi connectivity index (χ3n) is 3.83. The molecule has 3 rings (SSSR count). The number of anilines is 1. The molecule has 0 unspecified atom stereocenters. The number of benzene rings is 1. The van der Waals surface area contributed by atoms with Gasteiger partial charge in [0.15, 0.2) is 5.16 Å². The van der Waals surface area contributed by atoms with Gasteiger partial charge in [-0.3, -0.25) is 9.36 Å². The Kier molecular flexibility index (Phi) is 5.21. The van der Waals surface area contributed by atoms with E-state index in [1.54, 1.807) is 4.57 Å². The van der Waals surface area contributed by atoms with Crippen molar-refractivity contribution in [3.8, 4) is 0 Å². The number of amides is 1. The number of hydrogen-bond acceptors (Lipinski definition) is 6. The van der Waals surface area contributed by atoms with E-state index in [0.29, 0.717) is 10.8 Å². The van der Waals surface area contributed by atoms with Gasteiger partial charge in [-0.2, -0.15) is 0 Å². The number of rotatable bonds is 7. The number of sulfonamides is 1. The molecule has 1 aliphatic rings. The molecule has 1 heterocycles. The third-order valence-corrected chi connectivity index (χ3v) is 6.62. The number of aromatic nitrogens is 3. The van der Waals surface area contributed by atoms with Crippen LogP contribution in [0.15, 0.2) is 39.1 Å². The molecule has 1 aromatic carbocycles. The van der Waals surface area contributed by atoms with E-state index in [9.17, 15) is 18.0 Å². The molecule has 0 saturated heterocycles. The normalized spacial score (nSPS) is 14.6. The molecule has 2 aromatic rings. The quantitative estimate of drug-likeness (QED) is 0.670. The molecule has 1 saturated carbocycles. The standard InChI is InChI=1S/C15H19N5O4S2/c1-19(2)26(23,24)12-7-3-10(4-8-12)16-13(21)9-25-15-18-17-14(22)20(15)11-5-6-11/h3-4,7-8,11H,5-6,9H2,1-2H3,(H,16,21)(H,17,22). The fraction of sp³-hybridized carbons (Fsp3) is 0.400. The summed E-state index contributed by atoms with van der Waals surface area (Å²) >= 11 is 1.18. The summed E-state index contributed by atoms with van der Waals surface area (Å²) in [6.07, 6.45) is 1.89. The molecule has 1 fully saturated rings. The zero-order valence-electron chi connectivity index (χ0n) is 14.3. The van der Waals surface area contributed by atoms with Gasteiger partial charge < -0.3 is 5.32 Å². The fourth-order valence-electron chi connectivity index (χ4n) is 2.30. The van der Waals surface area contributed by atoms with E-state index in [1.165, 1.54) is 50.1 Å². The van der Waals surface area contributed by atoms with Crippen molar-refractivity contribution >= 4 is 33.4 Å². The minimum atomic E-state index is -3.50. The first-order valence-electron chi connectivity index (χ1n) is 7.91. The Balaban J connectivity index is 1.59. The maximum Gasteiger partial charge on any atom is 0.344 e. The predicted octanol–water partition coefficient (Wildman–Crippen LogP) is 0.887. The molecule has 0 aliphatic heterocycles. The highest BCUT2D eigenvalue weighted by atomic mass is 32.2. The van der Waals surface area contributed by atoms with E-state index in [1.807, 2.05) is 0 Å². The minimum Gasteiger partial charge on any atom is -0.325 e. The lowest BCUT2D eigenvalue weighted by Gasteiger charge is -2.12. The summed E-state index contributed by atoms with van der Waals surface area (Å²) in [5.74, 6) is -0.176. The minimum absolute atomic E-state index is 0.0920. The Morgan fingerprint density at radius 3 is 2.58 bits per heavy atom. The van der Waals surface area contributed by atoms with Gasteiger partial charge in [-0.05, 0) is 37.1 Å². The second-order valence-corrected chi connectivity index (χ2v) is 9.16. The Labute approximate surface area is 154 Å². The molecule has 1 aromatic heterocycles. The summed E-state index contributed by atoms with van der Waals surface area (Å²) in [4.78, 5) is 23.9. The van der Waals surface area contributed by atoms with Crippen LogP contribution in [0.1, 0.15) is 18.9 Å². The molecule has 0 spiro atoms. The van der Waals surface area contributed by atoms with E-state index in [4.69, 9.17) is 0 Å². The number of carbonyl (C=O) groups excluding carboxylic acids is 1. The van der Waals surface area contributed by atoms with Crippen LogP contribution in [0.2, 0.25) is 0 Å². The highest BCUT2D eigenvalue weighted by Gasteiger charge is 2.28. The number of carbonyl (C=O) groups is 1. The van der Waals surface area contributed by atoms with E-state index in [2.05, 4.69) is 15.5 Å². The summed E-state index contributed by atoms with van der Waals surface area (Å²) < 4.78 is 26.7. The Hall–Kier alpha value is -2.11. The highest BCUT2D eigenvalue weighted by molar-refractivity contribution is 7.99. The fourth-order valence-corrected chi connectivity index (χ4v) is 4.01. The maximum absolute atomic E-state index is 12.1. The summed E-state index contributed by atoms with van der Waals surface area (Å²) in [6, 6.07) is 6.13. The molecule has 0 atom stereocenters. The van der Waals surface area contributed by atoms with Crippen molar-refractivity contribution < 1.29 is 13.2 Å². The van der Waals surface area contributed by atoms with Crippen LogP contribution in [0.5, 0.6) is 0 Å². The number of nitrogens with zero attached hydrogens (tertiary/aromatic N) is 3. The molecule has 11 heteroatoms. The molecule has 9 nitrogen and oxygen atoms in total. The molecule has 26 heavy (non-hydrogen) atoms. The highest BCUT2D eigenvalue weighted by Crippen LogP contribution is 2.36. The van der Waals surface area contributed by atoms with Gasteiger partial charge in [-0.15, -0.1) is 5.10 Å². The first-order valence-corrected chi connectivity index (χ1v) is 10.3. The monoisotopic (exact) mass is 397 g/mol. The number of hydrogen-bond donors (Lipinski definition) is 2. The lowest BCUT2D eigenvalue weighted by Crippen LogP contribution is -2.22. The van der Waals surface area contributed by atoms with Crippen molar-refractivity contribution in [3.05, 3.63) is 34.7 Å². The second-order valence-electron chi connectivity index (χ2n) is 6.06. The average Bonchev–Trinajstić information content (AvgIpc) is 3.36. The number of H-pyrrole nitrogens is 1. The SMILES string of the molecule is CN(C)S(=O)(=O)c1ccc(NC(=O)CSc2n[nH]c(=O)n2C2CC2)cc1. The number of aromatic amines is 1. The van der Waals surface area contributed by atoms with Gasteiger partial charge in [0.1, 0.15) is 0 Å². The molecule has 2 N–H and O–H groups in total. The van der Waals surface area contributed by atoms with Crippen molar-refractivity contribution in [1.82, 2.24) is 19.1 Å². The molecule has 140 valence electrons. The van der Waals surface area contributed by atoms with Crippen molar-refractivity contribution in [2.75, 3.05) is 25.2 Å². The van der Waals surface area contributed by atoms with Gasteiger partial charge in [-0.1, -0.05) is 11.8 Å². The third kappa shape index (κ3) is 4.00. The van der Waals surface area contributed by atoms with Gasteiger partial charge >= 0.3 is 5.69 Å². The molecule has 1 amide bonds. The largest absolute Gasteiger partial charge is 0.344 e. The summed E-state index contributed by atoms with van der Waals surface area (Å²) in [5, 5.41) is 9.55. The lowest BCUT2D eigenvalue weighted by atomic mass is 10.3. The zero-order chi connectivity index (χ0) is 18.9. The van der Waals surface area contributed by atoms with Crippen LogP contribution in [0.4, 0.5) is 5.69 Å². The van der Waals surface area contributed by atoms with Crippen LogP contribution in [0.25, 0.3) is 0 Å². The topological polar surface area (TPSA) is 117 Å². The smallest absolute Gasteiger partial charge is 0.325 e. The van der Waals surface area contributed by atoms with Crippen molar-refractivity contribution in [3.63, 3.8) is 0 Å². The van der Waals surface area contributed by atoms with Crippen LogP contribution in [0.3, 0.4) is 0 Å². The lowest BCUT2D eigenvalue weighted by molar-refractivity contribution is -0.113. The predicted molar refractivity (Wildman–Crippen MR) is 97.8 cm³/mol. The zero-order valence-corrected chi connectivity index (χ0v) is 15.9. The molecule has 0 radical (unpaired) electrons. The number of nitrogens with one attached hydrogen (secondary N) is 2. The van der Waals surface area contributed by atoms with Crippen molar-refractivity contribution in [2.45, 2.75) is 28.9 Å². The Morgan fingerprint density at radius 2 is 2.00 bits per heavy atom. The van der Waals surface area contributed by atoms with E-state index in [-0.39, 0.29) is 28.3 Å².